The molecule has 1 heterocycles. The number of carboxylic acids is 1. The molecule has 6 nitrogen and oxygen atoms in total. The molecule has 0 saturated heterocycles. The fraction of sp³-hybridized carbons (Fsp3) is 0.0714. The van der Waals surface area contributed by atoms with Crippen LogP contribution in [0.2, 0.25) is 0 Å². The van der Waals surface area contributed by atoms with Crippen molar-refractivity contribution in [3.8, 4) is 0 Å². The maximum absolute atomic E-state index is 11.0. The van der Waals surface area contributed by atoms with Crippen LogP contribution in [0.15, 0.2) is 42.6 Å². The van der Waals surface area contributed by atoms with Crippen molar-refractivity contribution in [1.82, 2.24) is 4.98 Å². The van der Waals surface area contributed by atoms with E-state index in [1.54, 1.807) is 36.2 Å². The topological polar surface area (TPSA) is 96.5 Å². The Labute approximate surface area is 115 Å². The van der Waals surface area contributed by atoms with E-state index in [0.29, 0.717) is 11.4 Å². The molecule has 0 radical (unpaired) electrons. The summed E-state index contributed by atoms with van der Waals surface area (Å²) in [5.41, 5.74) is 6.49. The van der Waals surface area contributed by atoms with Gasteiger partial charge in [0.25, 0.3) is 0 Å². The molecule has 0 bridgehead atoms. The van der Waals surface area contributed by atoms with Crippen molar-refractivity contribution >= 4 is 23.4 Å². The molecule has 2 aromatic rings. The molecular formula is C14H13N3O3. The minimum Gasteiger partial charge on any atom is -0.478 e. The van der Waals surface area contributed by atoms with Crippen molar-refractivity contribution in [1.29, 1.82) is 0 Å². The van der Waals surface area contributed by atoms with Gasteiger partial charge in [0.1, 0.15) is 5.82 Å². The van der Waals surface area contributed by atoms with Crippen LogP contribution in [0.5, 0.6) is 0 Å². The molecule has 0 unspecified atom stereocenters. The van der Waals surface area contributed by atoms with Crippen LogP contribution in [0.25, 0.3) is 0 Å². The van der Waals surface area contributed by atoms with Gasteiger partial charge in [-0.05, 0) is 36.4 Å². The molecule has 0 fully saturated rings. The van der Waals surface area contributed by atoms with Gasteiger partial charge in [-0.3, -0.25) is 4.79 Å². The third-order valence-electron chi connectivity index (χ3n) is 2.88. The minimum atomic E-state index is -0.969. The van der Waals surface area contributed by atoms with Crippen molar-refractivity contribution < 1.29 is 14.7 Å². The highest BCUT2D eigenvalue weighted by Crippen LogP contribution is 2.21. The van der Waals surface area contributed by atoms with Crippen molar-refractivity contribution in [3.05, 3.63) is 53.7 Å². The number of benzene rings is 1. The number of carboxylic acid groups (broad SMARTS) is 1. The van der Waals surface area contributed by atoms with Crippen molar-refractivity contribution in [3.63, 3.8) is 0 Å². The molecular weight excluding hydrogens is 258 g/mol. The Morgan fingerprint density at radius 1 is 1.10 bits per heavy atom. The van der Waals surface area contributed by atoms with E-state index in [2.05, 4.69) is 4.98 Å². The number of amides is 1. The Morgan fingerprint density at radius 3 is 2.15 bits per heavy atom. The van der Waals surface area contributed by atoms with Gasteiger partial charge in [0, 0.05) is 18.9 Å². The summed E-state index contributed by atoms with van der Waals surface area (Å²) in [6, 6.07) is 9.68. The summed E-state index contributed by atoms with van der Waals surface area (Å²) in [6.45, 7) is 0. The molecule has 20 heavy (non-hydrogen) atoms. The van der Waals surface area contributed by atoms with E-state index in [-0.39, 0.29) is 5.56 Å². The lowest BCUT2D eigenvalue weighted by molar-refractivity contribution is 0.0696. The number of nitrogens with two attached hydrogens (primary N) is 1. The quantitative estimate of drug-likeness (QED) is 0.881. The molecule has 0 atom stereocenters. The van der Waals surface area contributed by atoms with Crippen LogP contribution < -0.4 is 10.6 Å². The normalized spacial score (nSPS) is 10.1. The predicted octanol–water partition coefficient (Wildman–Crippen LogP) is 1.65. The smallest absolute Gasteiger partial charge is 0.335 e. The Balaban J connectivity index is 2.24. The van der Waals surface area contributed by atoms with E-state index in [4.69, 9.17) is 10.8 Å². The van der Waals surface area contributed by atoms with Gasteiger partial charge in [-0.2, -0.15) is 0 Å². The van der Waals surface area contributed by atoms with E-state index in [9.17, 15) is 9.59 Å². The molecule has 1 aromatic heterocycles. The molecule has 1 amide bonds. The summed E-state index contributed by atoms with van der Waals surface area (Å²) in [6.07, 6.45) is 1.40. The highest BCUT2D eigenvalue weighted by Gasteiger charge is 2.08. The Morgan fingerprint density at radius 2 is 1.70 bits per heavy atom. The van der Waals surface area contributed by atoms with E-state index in [0.717, 1.165) is 5.69 Å². The first-order valence-corrected chi connectivity index (χ1v) is 5.82. The molecule has 1 aromatic carbocycles. The lowest BCUT2D eigenvalue weighted by Gasteiger charge is -2.18. The minimum absolute atomic E-state index is 0.221. The van der Waals surface area contributed by atoms with Crippen molar-refractivity contribution in [2.45, 2.75) is 0 Å². The van der Waals surface area contributed by atoms with Gasteiger partial charge in [0.2, 0.25) is 5.91 Å². The molecule has 0 aliphatic carbocycles. The first-order valence-electron chi connectivity index (χ1n) is 5.82. The number of aromatic nitrogens is 1. The largest absolute Gasteiger partial charge is 0.478 e. The zero-order chi connectivity index (χ0) is 14.7. The Kier molecular flexibility index (Phi) is 3.65. The number of hydrogen-bond donors (Lipinski definition) is 2. The van der Waals surface area contributed by atoms with Gasteiger partial charge in [0.15, 0.2) is 0 Å². The van der Waals surface area contributed by atoms with E-state index < -0.39 is 11.9 Å². The molecule has 102 valence electrons. The predicted molar refractivity (Wildman–Crippen MR) is 74.2 cm³/mol. The number of primary amides is 1. The fourth-order valence-corrected chi connectivity index (χ4v) is 1.69. The highest BCUT2D eigenvalue weighted by molar-refractivity contribution is 5.92. The van der Waals surface area contributed by atoms with Crippen LogP contribution in [-0.2, 0) is 0 Å². The van der Waals surface area contributed by atoms with Crippen LogP contribution in [0, 0.1) is 0 Å². The lowest BCUT2D eigenvalue weighted by Crippen LogP contribution is -2.14. The lowest BCUT2D eigenvalue weighted by atomic mass is 10.2. The first-order chi connectivity index (χ1) is 9.49. The van der Waals surface area contributed by atoms with Gasteiger partial charge < -0.3 is 15.7 Å². The number of nitrogens with zero attached hydrogens (tertiary/aromatic N) is 2. The maximum Gasteiger partial charge on any atom is 0.335 e. The molecule has 0 aliphatic rings. The van der Waals surface area contributed by atoms with Crippen molar-refractivity contribution in [2.75, 3.05) is 11.9 Å². The summed E-state index contributed by atoms with van der Waals surface area (Å²) >= 11 is 0. The van der Waals surface area contributed by atoms with Crippen LogP contribution in [-0.4, -0.2) is 29.0 Å². The number of carbonyl (C=O) groups is 2. The van der Waals surface area contributed by atoms with Crippen molar-refractivity contribution in [2.24, 2.45) is 5.73 Å². The highest BCUT2D eigenvalue weighted by atomic mass is 16.4. The molecule has 3 N–H and O–H groups in total. The van der Waals surface area contributed by atoms with Gasteiger partial charge in [-0.15, -0.1) is 0 Å². The van der Waals surface area contributed by atoms with E-state index in [1.165, 1.54) is 18.3 Å². The second-order valence-electron chi connectivity index (χ2n) is 4.18. The average Bonchev–Trinajstić information content (AvgIpc) is 2.46. The number of carbonyl (C=O) groups excluding carboxylic acids is 1. The summed E-state index contributed by atoms with van der Waals surface area (Å²) in [7, 11) is 1.79. The third kappa shape index (κ3) is 2.74. The van der Waals surface area contributed by atoms with Crippen LogP contribution in [0.4, 0.5) is 11.5 Å². The van der Waals surface area contributed by atoms with Crippen LogP contribution in [0.3, 0.4) is 0 Å². The second kappa shape index (κ2) is 5.40. The molecule has 2 rings (SSSR count). The standard InChI is InChI=1S/C14H13N3O3/c1-17(11-5-2-9(3-6-11)14(19)20)12-7-4-10(8-16-12)13(15)18/h2-8H,1H3,(H2,15,18)(H,19,20). The summed E-state index contributed by atoms with van der Waals surface area (Å²) in [4.78, 5) is 27.7. The molecule has 6 heteroatoms. The molecule has 0 saturated carbocycles. The summed E-state index contributed by atoms with van der Waals surface area (Å²) in [5.74, 6) is -0.876. The van der Waals surface area contributed by atoms with E-state index in [1.807, 2.05) is 0 Å². The maximum atomic E-state index is 11.0. The zero-order valence-electron chi connectivity index (χ0n) is 10.8. The van der Waals surface area contributed by atoms with Gasteiger partial charge in [0.05, 0.1) is 11.1 Å². The summed E-state index contributed by atoms with van der Waals surface area (Å²) in [5, 5.41) is 8.84. The molecule has 0 spiro atoms. The molecule has 0 aliphatic heterocycles. The van der Waals surface area contributed by atoms with Gasteiger partial charge in [-0.25, -0.2) is 9.78 Å². The third-order valence-corrected chi connectivity index (χ3v) is 2.88. The summed E-state index contributed by atoms with van der Waals surface area (Å²) < 4.78 is 0. The number of anilines is 2. The average molecular weight is 271 g/mol. The second-order valence-corrected chi connectivity index (χ2v) is 4.18. The monoisotopic (exact) mass is 271 g/mol. The number of rotatable bonds is 4. The van der Waals surface area contributed by atoms with Crippen LogP contribution in [0.1, 0.15) is 20.7 Å². The number of pyridine rings is 1. The van der Waals surface area contributed by atoms with Gasteiger partial charge in [-0.1, -0.05) is 0 Å². The SMILES string of the molecule is CN(c1ccc(C(=O)O)cc1)c1ccc(C(N)=O)cn1. The number of aromatic carboxylic acids is 1. The Bertz CT molecular complexity index is 578. The van der Waals surface area contributed by atoms with Gasteiger partial charge >= 0.3 is 5.97 Å². The Hall–Kier alpha value is -2.89. The number of hydrogen-bond acceptors (Lipinski definition) is 4. The van der Waals surface area contributed by atoms with E-state index >= 15 is 0 Å². The zero-order valence-corrected chi connectivity index (χ0v) is 10.8. The fourth-order valence-electron chi connectivity index (χ4n) is 1.69. The first kappa shape index (κ1) is 13.5. The van der Waals surface area contributed by atoms with Crippen LogP contribution >= 0.6 is 0 Å².